The Hall–Kier alpha value is -3.67. The van der Waals surface area contributed by atoms with Crippen LogP contribution in [0.1, 0.15) is 13.8 Å². The predicted octanol–water partition coefficient (Wildman–Crippen LogP) is 4.03. The number of cyclic esters (lactones) is 2. The van der Waals surface area contributed by atoms with E-state index >= 15 is 0 Å². The average molecular weight is 374 g/mol. The Balaban J connectivity index is 1.59. The monoisotopic (exact) mass is 374 g/mol. The van der Waals surface area contributed by atoms with Gasteiger partial charge in [-0.3, -0.25) is 4.98 Å². The minimum Gasteiger partial charge on any atom is -0.419 e. The number of pyridine rings is 1. The first kappa shape index (κ1) is 17.7. The largest absolute Gasteiger partial charge is 0.419 e. The van der Waals surface area contributed by atoms with Crippen LogP contribution in [0.4, 0.5) is 5.69 Å². The molecule has 0 bridgehead atoms. The van der Waals surface area contributed by atoms with Crippen LogP contribution in [0.15, 0.2) is 72.6 Å². The lowest BCUT2D eigenvalue weighted by atomic mass is 10.0. The smallest absolute Gasteiger partial charge is 0.350 e. The van der Waals surface area contributed by atoms with Gasteiger partial charge in [0.15, 0.2) is 5.57 Å². The number of ether oxygens (including phenoxy) is 2. The molecule has 0 saturated carbocycles. The highest BCUT2D eigenvalue weighted by atomic mass is 16.7. The summed E-state index contributed by atoms with van der Waals surface area (Å²) in [6.07, 6.45) is 3.12. The average Bonchev–Trinajstić information content (AvgIpc) is 2.66. The Kier molecular flexibility index (Phi) is 4.31. The lowest BCUT2D eigenvalue weighted by molar-refractivity contribution is -0.222. The summed E-state index contributed by atoms with van der Waals surface area (Å²) < 4.78 is 10.2. The van der Waals surface area contributed by atoms with Crippen LogP contribution in [0.5, 0.6) is 0 Å². The maximum absolute atomic E-state index is 12.0. The number of carbonyl (C=O) groups is 2. The lowest BCUT2D eigenvalue weighted by Gasteiger charge is -2.29. The van der Waals surface area contributed by atoms with E-state index in [1.807, 2.05) is 54.7 Å². The van der Waals surface area contributed by atoms with Gasteiger partial charge < -0.3 is 14.8 Å². The maximum atomic E-state index is 12.0. The van der Waals surface area contributed by atoms with Gasteiger partial charge in [-0.2, -0.15) is 0 Å². The van der Waals surface area contributed by atoms with E-state index in [1.165, 1.54) is 20.0 Å². The zero-order chi connectivity index (χ0) is 19.7. The topological polar surface area (TPSA) is 77.5 Å². The minimum atomic E-state index is -1.26. The minimum absolute atomic E-state index is 0.183. The molecule has 2 aromatic carbocycles. The lowest BCUT2D eigenvalue weighted by Crippen LogP contribution is -2.42. The molecule has 0 radical (unpaired) electrons. The first-order valence-electron chi connectivity index (χ1n) is 8.80. The predicted molar refractivity (Wildman–Crippen MR) is 105 cm³/mol. The van der Waals surface area contributed by atoms with Crippen molar-refractivity contribution in [1.29, 1.82) is 0 Å². The fourth-order valence-corrected chi connectivity index (χ4v) is 2.95. The van der Waals surface area contributed by atoms with E-state index in [0.717, 1.165) is 22.0 Å². The number of benzene rings is 2. The van der Waals surface area contributed by atoms with Gasteiger partial charge in [0.05, 0.1) is 5.52 Å². The van der Waals surface area contributed by atoms with E-state index in [4.69, 9.17) is 9.47 Å². The molecule has 1 fully saturated rings. The molecular weight excluding hydrogens is 356 g/mol. The molecule has 140 valence electrons. The number of carbonyl (C=O) groups excluding carboxylic acids is 2. The van der Waals surface area contributed by atoms with E-state index in [1.54, 1.807) is 0 Å². The van der Waals surface area contributed by atoms with Crippen LogP contribution in [0.3, 0.4) is 0 Å². The summed E-state index contributed by atoms with van der Waals surface area (Å²) >= 11 is 0. The molecule has 1 aromatic heterocycles. The van der Waals surface area contributed by atoms with Crippen molar-refractivity contribution in [3.8, 4) is 11.1 Å². The number of esters is 2. The zero-order valence-electron chi connectivity index (χ0n) is 15.4. The van der Waals surface area contributed by atoms with Crippen molar-refractivity contribution in [2.45, 2.75) is 19.6 Å². The summed E-state index contributed by atoms with van der Waals surface area (Å²) in [5.41, 5.74) is 3.38. The highest BCUT2D eigenvalue weighted by molar-refractivity contribution is 6.15. The molecular formula is C22H18N2O4. The zero-order valence-corrected chi connectivity index (χ0v) is 15.4. The number of hydrogen-bond acceptors (Lipinski definition) is 6. The highest BCUT2D eigenvalue weighted by Gasteiger charge is 2.38. The van der Waals surface area contributed by atoms with Crippen LogP contribution in [-0.2, 0) is 19.1 Å². The molecule has 2 heterocycles. The molecule has 0 spiro atoms. The van der Waals surface area contributed by atoms with Crippen LogP contribution in [-0.4, -0.2) is 22.7 Å². The third kappa shape index (κ3) is 3.57. The number of anilines is 1. The van der Waals surface area contributed by atoms with Gasteiger partial charge in [-0.15, -0.1) is 0 Å². The van der Waals surface area contributed by atoms with Crippen molar-refractivity contribution in [2.24, 2.45) is 0 Å². The van der Waals surface area contributed by atoms with E-state index in [2.05, 4.69) is 16.4 Å². The summed E-state index contributed by atoms with van der Waals surface area (Å²) in [7, 11) is 0. The summed E-state index contributed by atoms with van der Waals surface area (Å²) in [6.45, 7) is 3.02. The van der Waals surface area contributed by atoms with E-state index < -0.39 is 17.7 Å². The summed E-state index contributed by atoms with van der Waals surface area (Å²) in [5.74, 6) is -2.69. The van der Waals surface area contributed by atoms with Gasteiger partial charge in [0.2, 0.25) is 0 Å². The quantitative estimate of drug-likeness (QED) is 0.424. The number of fused-ring (bicyclic) bond motifs is 1. The molecule has 4 rings (SSSR count). The second-order valence-electron chi connectivity index (χ2n) is 6.88. The Labute approximate surface area is 161 Å². The molecule has 0 amide bonds. The summed E-state index contributed by atoms with van der Waals surface area (Å²) in [6, 6.07) is 17.6. The van der Waals surface area contributed by atoms with Gasteiger partial charge in [0.1, 0.15) is 0 Å². The molecule has 6 nitrogen and oxygen atoms in total. The van der Waals surface area contributed by atoms with Crippen LogP contribution in [0.25, 0.3) is 22.0 Å². The molecule has 0 atom stereocenters. The van der Waals surface area contributed by atoms with Crippen molar-refractivity contribution in [2.75, 3.05) is 5.32 Å². The standard InChI is InChI=1S/C22H18N2O4/c1-22(2)27-20(25)18(21(26)28-22)13-23-17-8-5-7-14(11-17)16-10-15-6-3-4-9-19(15)24-12-16/h3-13,23H,1-2H3. The van der Waals surface area contributed by atoms with Crippen molar-refractivity contribution >= 4 is 28.5 Å². The maximum Gasteiger partial charge on any atom is 0.350 e. The number of aromatic nitrogens is 1. The van der Waals surface area contributed by atoms with E-state index in [0.29, 0.717) is 5.69 Å². The molecule has 1 aliphatic heterocycles. The molecule has 28 heavy (non-hydrogen) atoms. The van der Waals surface area contributed by atoms with E-state index in [-0.39, 0.29) is 5.57 Å². The van der Waals surface area contributed by atoms with Crippen molar-refractivity contribution in [1.82, 2.24) is 4.98 Å². The van der Waals surface area contributed by atoms with Crippen molar-refractivity contribution < 1.29 is 19.1 Å². The third-order valence-corrected chi connectivity index (χ3v) is 4.29. The van der Waals surface area contributed by atoms with Crippen molar-refractivity contribution in [3.63, 3.8) is 0 Å². The van der Waals surface area contributed by atoms with Crippen LogP contribution in [0.2, 0.25) is 0 Å². The molecule has 3 aromatic rings. The van der Waals surface area contributed by atoms with E-state index in [9.17, 15) is 9.59 Å². The Bertz CT molecular complexity index is 1100. The van der Waals surface area contributed by atoms with Gasteiger partial charge in [-0.25, -0.2) is 9.59 Å². The SMILES string of the molecule is CC1(C)OC(=O)C(=CNc2cccc(-c3cnc4ccccc4c3)c2)C(=O)O1. The molecule has 1 aliphatic rings. The fraction of sp³-hybridized carbons (Fsp3) is 0.136. The van der Waals surface area contributed by atoms with Gasteiger partial charge in [0, 0.05) is 42.9 Å². The second kappa shape index (κ2) is 6.81. The van der Waals surface area contributed by atoms with Gasteiger partial charge >= 0.3 is 11.9 Å². The number of nitrogens with zero attached hydrogens (tertiary/aromatic N) is 1. The molecule has 6 heteroatoms. The van der Waals surface area contributed by atoms with Gasteiger partial charge in [0.25, 0.3) is 5.79 Å². The first-order valence-corrected chi connectivity index (χ1v) is 8.80. The molecule has 1 saturated heterocycles. The van der Waals surface area contributed by atoms with Crippen LogP contribution >= 0.6 is 0 Å². The Morgan fingerprint density at radius 3 is 2.46 bits per heavy atom. The highest BCUT2D eigenvalue weighted by Crippen LogP contribution is 2.26. The Morgan fingerprint density at radius 1 is 0.929 bits per heavy atom. The van der Waals surface area contributed by atoms with Crippen LogP contribution < -0.4 is 5.32 Å². The Morgan fingerprint density at radius 2 is 1.68 bits per heavy atom. The normalized spacial score (nSPS) is 15.7. The summed E-state index contributed by atoms with van der Waals surface area (Å²) in [4.78, 5) is 28.5. The fourth-order valence-electron chi connectivity index (χ4n) is 2.95. The van der Waals surface area contributed by atoms with Gasteiger partial charge in [-0.05, 0) is 29.8 Å². The second-order valence-corrected chi connectivity index (χ2v) is 6.88. The first-order chi connectivity index (χ1) is 13.4. The molecule has 0 unspecified atom stereocenters. The number of hydrogen-bond donors (Lipinski definition) is 1. The number of nitrogens with one attached hydrogen (secondary N) is 1. The number of rotatable bonds is 3. The van der Waals surface area contributed by atoms with Gasteiger partial charge in [-0.1, -0.05) is 30.3 Å². The number of para-hydroxylation sites is 1. The van der Waals surface area contributed by atoms with Crippen molar-refractivity contribution in [3.05, 3.63) is 72.6 Å². The van der Waals surface area contributed by atoms with Crippen LogP contribution in [0, 0.1) is 0 Å². The summed E-state index contributed by atoms with van der Waals surface area (Å²) in [5, 5.41) is 4.02. The molecule has 1 N–H and O–H groups in total. The molecule has 0 aliphatic carbocycles. The third-order valence-electron chi connectivity index (χ3n) is 4.29.